The van der Waals surface area contributed by atoms with E-state index in [0.29, 0.717) is 0 Å². The molecule has 1 aliphatic carbocycles. The van der Waals surface area contributed by atoms with Gasteiger partial charge in [-0.3, -0.25) is 5.43 Å². The normalized spacial score (nSPS) is 38.0. The quantitative estimate of drug-likeness (QED) is 0.571. The summed E-state index contributed by atoms with van der Waals surface area (Å²) in [6.45, 7) is 2.11. The maximum absolute atomic E-state index is 10.5. The molecule has 5 atom stereocenters. The number of nitrogens with one attached hydrogen (secondary N) is 2. The van der Waals surface area contributed by atoms with Gasteiger partial charge in [-0.25, -0.2) is 4.90 Å². The molecule has 2 aliphatic heterocycles. The summed E-state index contributed by atoms with van der Waals surface area (Å²) in [6.07, 6.45) is 11.3. The lowest BCUT2D eigenvalue weighted by molar-refractivity contribution is -0.100. The second-order valence-electron chi connectivity index (χ2n) is 6.20. The van der Waals surface area contributed by atoms with Gasteiger partial charge in [0.25, 0.3) is 0 Å². The Bertz CT molecular complexity index is 457. The third-order valence-corrected chi connectivity index (χ3v) is 4.78. The molecule has 3 rings (SSSR count). The molecular weight excluding hydrogens is 280 g/mol. The van der Waals surface area contributed by atoms with E-state index >= 15 is 0 Å². The number of amidine groups is 1. The summed E-state index contributed by atoms with van der Waals surface area (Å²) < 4.78 is 0. The first-order valence-corrected chi connectivity index (χ1v) is 8.24. The summed E-state index contributed by atoms with van der Waals surface area (Å²) in [4.78, 5) is 1.71. The summed E-state index contributed by atoms with van der Waals surface area (Å²) in [6, 6.07) is 0. The Labute approximate surface area is 131 Å². The molecule has 0 aromatic rings. The molecule has 6 heteroatoms. The average molecular weight is 306 g/mol. The van der Waals surface area contributed by atoms with E-state index in [1.54, 1.807) is 4.90 Å². The number of fused-ring (bicyclic) bond motifs is 1. The van der Waals surface area contributed by atoms with Crippen LogP contribution in [0.3, 0.4) is 0 Å². The van der Waals surface area contributed by atoms with Crippen molar-refractivity contribution in [3.05, 3.63) is 24.3 Å². The Balaban J connectivity index is 1.56. The van der Waals surface area contributed by atoms with Crippen molar-refractivity contribution in [1.82, 2.24) is 15.6 Å². The van der Waals surface area contributed by atoms with Crippen molar-refractivity contribution < 1.29 is 10.2 Å². The van der Waals surface area contributed by atoms with Gasteiger partial charge in [-0.2, -0.15) is 5.10 Å². The van der Waals surface area contributed by atoms with Crippen LogP contribution in [0.15, 0.2) is 29.4 Å². The first-order valence-electron chi connectivity index (χ1n) is 8.24. The van der Waals surface area contributed by atoms with Crippen LogP contribution in [0.1, 0.15) is 39.0 Å². The Morgan fingerprint density at radius 2 is 1.91 bits per heavy atom. The van der Waals surface area contributed by atoms with Crippen molar-refractivity contribution in [2.45, 2.75) is 57.8 Å². The van der Waals surface area contributed by atoms with Gasteiger partial charge in [0.15, 0.2) is 6.29 Å². The second-order valence-corrected chi connectivity index (χ2v) is 6.20. The van der Waals surface area contributed by atoms with Gasteiger partial charge in [0.1, 0.15) is 18.3 Å². The molecule has 4 N–H and O–H groups in total. The zero-order valence-corrected chi connectivity index (χ0v) is 13.0. The molecule has 0 aromatic heterocycles. The summed E-state index contributed by atoms with van der Waals surface area (Å²) >= 11 is 0. The van der Waals surface area contributed by atoms with Crippen LogP contribution in [0.2, 0.25) is 0 Å². The van der Waals surface area contributed by atoms with Crippen LogP contribution >= 0.6 is 0 Å². The monoisotopic (exact) mass is 306 g/mol. The number of aliphatic hydroxyl groups is 2. The van der Waals surface area contributed by atoms with E-state index in [4.69, 9.17) is 0 Å². The number of hydrazone groups is 1. The van der Waals surface area contributed by atoms with Crippen molar-refractivity contribution in [3.8, 4) is 0 Å². The van der Waals surface area contributed by atoms with Crippen molar-refractivity contribution in [3.63, 3.8) is 0 Å². The third kappa shape index (κ3) is 2.91. The highest BCUT2D eigenvalue weighted by molar-refractivity contribution is 5.83. The summed E-state index contributed by atoms with van der Waals surface area (Å²) in [5.41, 5.74) is 3.00. The fourth-order valence-electron chi connectivity index (χ4n) is 3.58. The van der Waals surface area contributed by atoms with E-state index in [9.17, 15) is 10.2 Å². The molecule has 0 aromatic carbocycles. The van der Waals surface area contributed by atoms with Crippen LogP contribution < -0.4 is 10.7 Å². The lowest BCUT2D eigenvalue weighted by Gasteiger charge is -2.30. The van der Waals surface area contributed by atoms with Crippen molar-refractivity contribution >= 4 is 5.84 Å². The molecule has 1 fully saturated rings. The molecule has 1 saturated heterocycles. The third-order valence-electron chi connectivity index (χ3n) is 4.78. The van der Waals surface area contributed by atoms with Crippen molar-refractivity contribution in [2.75, 3.05) is 0 Å². The van der Waals surface area contributed by atoms with E-state index < -0.39 is 12.5 Å². The van der Waals surface area contributed by atoms with E-state index in [-0.39, 0.29) is 18.1 Å². The number of hydrogen-bond acceptors (Lipinski definition) is 6. The molecule has 0 spiro atoms. The van der Waals surface area contributed by atoms with Crippen LogP contribution in [-0.2, 0) is 0 Å². The largest absolute Gasteiger partial charge is 0.378 e. The fourth-order valence-corrected chi connectivity index (χ4v) is 3.58. The number of rotatable bonds is 5. The van der Waals surface area contributed by atoms with Crippen LogP contribution in [0.25, 0.3) is 0 Å². The highest BCUT2D eigenvalue weighted by Crippen LogP contribution is 2.40. The van der Waals surface area contributed by atoms with Gasteiger partial charge in [-0.15, -0.1) is 0 Å². The maximum Gasteiger partial charge on any atom is 0.175 e. The number of hydrogen-bond donors (Lipinski definition) is 4. The molecule has 0 amide bonds. The van der Waals surface area contributed by atoms with Gasteiger partial charge >= 0.3 is 0 Å². The van der Waals surface area contributed by atoms with Gasteiger partial charge in [-0.1, -0.05) is 31.2 Å². The average Bonchev–Trinajstić information content (AvgIpc) is 3.08. The zero-order valence-electron chi connectivity index (χ0n) is 13.0. The van der Waals surface area contributed by atoms with Crippen molar-refractivity contribution in [2.24, 2.45) is 16.9 Å². The zero-order chi connectivity index (χ0) is 15.5. The smallest absolute Gasteiger partial charge is 0.175 e. The Kier molecular flexibility index (Phi) is 4.81. The summed E-state index contributed by atoms with van der Waals surface area (Å²) in [5.74, 6) is 1.07. The molecule has 0 radical (unpaired) electrons. The van der Waals surface area contributed by atoms with Crippen LogP contribution in [0.5, 0.6) is 0 Å². The Morgan fingerprint density at radius 3 is 2.55 bits per heavy atom. The van der Waals surface area contributed by atoms with Crippen LogP contribution in [-0.4, -0.2) is 39.7 Å². The molecule has 0 bridgehead atoms. The van der Waals surface area contributed by atoms with Crippen LogP contribution in [0.4, 0.5) is 0 Å². The first-order chi connectivity index (χ1) is 10.7. The molecule has 6 nitrogen and oxygen atoms in total. The highest BCUT2D eigenvalue weighted by Gasteiger charge is 2.50. The van der Waals surface area contributed by atoms with E-state index in [2.05, 4.69) is 47.1 Å². The molecule has 122 valence electrons. The van der Waals surface area contributed by atoms with Gasteiger partial charge in [-0.05, 0) is 25.7 Å². The van der Waals surface area contributed by atoms with E-state index in [0.717, 1.165) is 37.9 Å². The fraction of sp³-hybridized carbons (Fsp3) is 0.688. The highest BCUT2D eigenvalue weighted by atomic mass is 16.3. The number of aliphatic hydroxyl groups excluding tert-OH is 2. The number of allylic oxidation sites excluding steroid dienone is 4. The Morgan fingerprint density at radius 1 is 1.23 bits per heavy atom. The van der Waals surface area contributed by atoms with Gasteiger partial charge in [0, 0.05) is 18.3 Å². The maximum atomic E-state index is 10.5. The van der Waals surface area contributed by atoms with Gasteiger partial charge in [0.2, 0.25) is 0 Å². The van der Waals surface area contributed by atoms with E-state index in [1.165, 1.54) is 0 Å². The predicted octanol–water partition coefficient (Wildman–Crippen LogP) is 1.06. The minimum absolute atomic E-state index is 0.0973. The molecule has 2 heterocycles. The summed E-state index contributed by atoms with van der Waals surface area (Å²) in [5, 5.41) is 28.6. The number of nitrogens with zero attached hydrogens (tertiary/aromatic N) is 2. The first kappa shape index (κ1) is 15.5. The molecule has 3 aliphatic rings. The minimum atomic E-state index is -0.649. The summed E-state index contributed by atoms with van der Waals surface area (Å²) in [7, 11) is 0. The molecule has 0 saturated carbocycles. The standard InChI is InChI=1S/C16H26N4O2/c1-2-3-4-5-10-13-17-16(19-18-13)20-14(21)11-8-6-7-9-12(11)15(20)22/h3-4,6-7,11-12,14-16,19,21-22H,2,5,8-10H2,1H3,(H,17,18)/b4-3-. The topological polar surface area (TPSA) is 80.1 Å². The second kappa shape index (κ2) is 6.81. The lowest BCUT2D eigenvalue weighted by atomic mass is 9.84. The lowest BCUT2D eigenvalue weighted by Crippen LogP contribution is -2.56. The predicted molar refractivity (Wildman–Crippen MR) is 85.4 cm³/mol. The molecule has 5 unspecified atom stereocenters. The number of likely N-dealkylation sites (tertiary alicyclic amines) is 1. The Hall–Kier alpha value is -1.37. The minimum Gasteiger partial charge on any atom is -0.378 e. The van der Waals surface area contributed by atoms with Gasteiger partial charge < -0.3 is 15.5 Å². The SMILES string of the molecule is CC/C=C\CCC1=NNC(N2C(O)C3CC=CCC3C2O)N1. The van der Waals surface area contributed by atoms with E-state index in [1.807, 2.05) is 0 Å². The molecular formula is C16H26N4O2. The molecule has 22 heavy (non-hydrogen) atoms. The van der Waals surface area contributed by atoms with Crippen molar-refractivity contribution in [1.29, 1.82) is 0 Å². The van der Waals surface area contributed by atoms with Gasteiger partial charge in [0.05, 0.1) is 0 Å². The van der Waals surface area contributed by atoms with Crippen LogP contribution in [0, 0.1) is 11.8 Å².